The van der Waals surface area contributed by atoms with Crippen LogP contribution in [0.15, 0.2) is 114 Å². The molecule has 0 N–H and O–H groups in total. The Balaban J connectivity index is 1.36. The molecule has 1 fully saturated rings. The third-order valence-electron chi connectivity index (χ3n) is 7.77. The van der Waals surface area contributed by atoms with Crippen LogP contribution in [0.2, 0.25) is 0 Å². The lowest BCUT2D eigenvalue weighted by Crippen LogP contribution is -2.38. The Hall–Kier alpha value is -4.64. The summed E-state index contributed by atoms with van der Waals surface area (Å²) in [4.78, 5) is 22.9. The molecule has 1 saturated heterocycles. The minimum atomic E-state index is -0.0783. The first-order valence-electron chi connectivity index (χ1n) is 13.9. The first-order valence-corrected chi connectivity index (χ1v) is 13.9. The van der Waals surface area contributed by atoms with Crippen LogP contribution >= 0.6 is 0 Å². The molecule has 1 aliphatic heterocycles. The number of oxazole rings is 1. The SMILES string of the molecule is CN(C)c1ccc(-c2oc(-c3ccccc3-c3ccccc3)nc2C(=O)N2CCC(c3ccccc3)CC2)cc1. The second-order valence-corrected chi connectivity index (χ2v) is 10.5. The van der Waals surface area contributed by atoms with Crippen LogP contribution in [0, 0.1) is 0 Å². The number of amides is 1. The summed E-state index contributed by atoms with van der Waals surface area (Å²) in [6, 6.07) is 36.9. The van der Waals surface area contributed by atoms with Crippen molar-refractivity contribution < 1.29 is 9.21 Å². The van der Waals surface area contributed by atoms with E-state index >= 15 is 0 Å². The summed E-state index contributed by atoms with van der Waals surface area (Å²) in [6.07, 6.45) is 1.87. The lowest BCUT2D eigenvalue weighted by molar-refractivity contribution is 0.0708. The van der Waals surface area contributed by atoms with Crippen LogP contribution in [0.5, 0.6) is 0 Å². The zero-order valence-corrected chi connectivity index (χ0v) is 23.0. The molecule has 0 atom stereocenters. The van der Waals surface area contributed by atoms with Crippen LogP contribution in [-0.2, 0) is 0 Å². The largest absolute Gasteiger partial charge is 0.435 e. The van der Waals surface area contributed by atoms with Crippen LogP contribution in [0.25, 0.3) is 33.9 Å². The zero-order valence-electron chi connectivity index (χ0n) is 23.0. The van der Waals surface area contributed by atoms with Gasteiger partial charge in [0.1, 0.15) is 0 Å². The van der Waals surface area contributed by atoms with Crippen molar-refractivity contribution in [1.29, 1.82) is 0 Å². The number of rotatable bonds is 6. The normalized spacial score (nSPS) is 13.8. The van der Waals surface area contributed by atoms with Crippen molar-refractivity contribution in [3.63, 3.8) is 0 Å². The van der Waals surface area contributed by atoms with E-state index < -0.39 is 0 Å². The molecule has 5 heteroatoms. The fourth-order valence-corrected chi connectivity index (χ4v) is 5.52. The molecule has 1 aromatic heterocycles. The number of carbonyl (C=O) groups is 1. The second-order valence-electron chi connectivity index (χ2n) is 10.5. The van der Waals surface area contributed by atoms with E-state index in [0.717, 1.165) is 40.8 Å². The minimum Gasteiger partial charge on any atom is -0.435 e. The van der Waals surface area contributed by atoms with Crippen molar-refractivity contribution in [3.8, 4) is 33.9 Å². The van der Waals surface area contributed by atoms with Crippen LogP contribution in [0.1, 0.15) is 34.8 Å². The van der Waals surface area contributed by atoms with Gasteiger partial charge in [0.05, 0.1) is 0 Å². The Labute approximate surface area is 235 Å². The Kier molecular flexibility index (Phi) is 7.19. The lowest BCUT2D eigenvalue weighted by atomic mass is 9.89. The van der Waals surface area contributed by atoms with E-state index in [1.165, 1.54) is 5.56 Å². The molecule has 6 rings (SSSR count). The van der Waals surface area contributed by atoms with Crippen molar-refractivity contribution in [3.05, 3.63) is 120 Å². The summed E-state index contributed by atoms with van der Waals surface area (Å²) in [5.74, 6) is 1.35. The number of piperidine rings is 1. The van der Waals surface area contributed by atoms with E-state index in [2.05, 4.69) is 47.4 Å². The van der Waals surface area contributed by atoms with E-state index in [1.54, 1.807) is 0 Å². The van der Waals surface area contributed by atoms with E-state index in [4.69, 9.17) is 9.40 Å². The highest BCUT2D eigenvalue weighted by atomic mass is 16.4. The Bertz CT molecular complexity index is 1580. The van der Waals surface area contributed by atoms with Gasteiger partial charge in [-0.1, -0.05) is 78.9 Å². The summed E-state index contributed by atoms with van der Waals surface area (Å²) >= 11 is 0. The summed E-state index contributed by atoms with van der Waals surface area (Å²) < 4.78 is 6.48. The molecule has 0 spiro atoms. The topological polar surface area (TPSA) is 49.6 Å². The molecule has 0 radical (unpaired) electrons. The summed E-state index contributed by atoms with van der Waals surface area (Å²) in [7, 11) is 4.02. The molecule has 0 unspecified atom stereocenters. The molecule has 4 aromatic carbocycles. The molecule has 1 aliphatic rings. The Morgan fingerprint density at radius 2 is 1.35 bits per heavy atom. The van der Waals surface area contributed by atoms with Crippen molar-refractivity contribution in [2.75, 3.05) is 32.1 Å². The Morgan fingerprint density at radius 3 is 2.00 bits per heavy atom. The van der Waals surface area contributed by atoms with Gasteiger partial charge in [-0.3, -0.25) is 4.79 Å². The molecule has 1 amide bonds. The Morgan fingerprint density at radius 1 is 0.750 bits per heavy atom. The summed E-state index contributed by atoms with van der Waals surface area (Å²) in [6.45, 7) is 1.39. The van der Waals surface area contributed by atoms with Crippen molar-refractivity contribution in [2.45, 2.75) is 18.8 Å². The molecule has 0 saturated carbocycles. The highest BCUT2D eigenvalue weighted by molar-refractivity contribution is 5.99. The molecular formula is C35H33N3O2. The van der Waals surface area contributed by atoms with Gasteiger partial charge in [0.15, 0.2) is 11.5 Å². The summed E-state index contributed by atoms with van der Waals surface area (Å²) in [5, 5.41) is 0. The van der Waals surface area contributed by atoms with Gasteiger partial charge in [0.2, 0.25) is 5.89 Å². The molecule has 40 heavy (non-hydrogen) atoms. The van der Waals surface area contributed by atoms with Crippen LogP contribution in [0.4, 0.5) is 5.69 Å². The molecule has 0 bridgehead atoms. The predicted octanol–water partition coefficient (Wildman–Crippen LogP) is 7.76. The molecule has 5 nitrogen and oxygen atoms in total. The number of anilines is 1. The molecular weight excluding hydrogens is 494 g/mol. The molecule has 0 aliphatic carbocycles. The average Bonchev–Trinajstić information content (AvgIpc) is 3.47. The zero-order chi connectivity index (χ0) is 27.5. The van der Waals surface area contributed by atoms with E-state index in [-0.39, 0.29) is 5.91 Å². The van der Waals surface area contributed by atoms with E-state index in [1.807, 2.05) is 85.7 Å². The lowest BCUT2D eigenvalue weighted by Gasteiger charge is -2.32. The number of hydrogen-bond donors (Lipinski definition) is 0. The van der Waals surface area contributed by atoms with E-state index in [0.29, 0.717) is 36.4 Å². The summed E-state index contributed by atoms with van der Waals surface area (Å²) in [5.41, 5.74) is 6.58. The monoisotopic (exact) mass is 527 g/mol. The van der Waals surface area contributed by atoms with Gasteiger partial charge in [-0.25, -0.2) is 4.98 Å². The highest BCUT2D eigenvalue weighted by Gasteiger charge is 2.30. The fraction of sp³-hybridized carbons (Fsp3) is 0.200. The number of aromatic nitrogens is 1. The van der Waals surface area contributed by atoms with Crippen molar-refractivity contribution in [1.82, 2.24) is 9.88 Å². The van der Waals surface area contributed by atoms with Gasteiger partial charge in [0, 0.05) is 44.0 Å². The highest BCUT2D eigenvalue weighted by Crippen LogP contribution is 2.37. The third kappa shape index (κ3) is 5.15. The van der Waals surface area contributed by atoms with Crippen molar-refractivity contribution >= 4 is 11.6 Å². The van der Waals surface area contributed by atoms with Gasteiger partial charge in [0.25, 0.3) is 5.91 Å². The maximum absolute atomic E-state index is 14.0. The fourth-order valence-electron chi connectivity index (χ4n) is 5.52. The number of benzene rings is 4. The first-order chi connectivity index (χ1) is 19.6. The minimum absolute atomic E-state index is 0.0783. The third-order valence-corrected chi connectivity index (χ3v) is 7.77. The van der Waals surface area contributed by atoms with Gasteiger partial charge < -0.3 is 14.2 Å². The van der Waals surface area contributed by atoms with Crippen LogP contribution < -0.4 is 4.90 Å². The van der Waals surface area contributed by atoms with Crippen molar-refractivity contribution in [2.24, 2.45) is 0 Å². The van der Waals surface area contributed by atoms with Gasteiger partial charge in [-0.05, 0) is 65.8 Å². The van der Waals surface area contributed by atoms with Crippen LogP contribution in [0.3, 0.4) is 0 Å². The predicted molar refractivity (Wildman–Crippen MR) is 161 cm³/mol. The van der Waals surface area contributed by atoms with E-state index in [9.17, 15) is 4.79 Å². The average molecular weight is 528 g/mol. The molecule has 2 heterocycles. The molecule has 5 aromatic rings. The van der Waals surface area contributed by atoms with Gasteiger partial charge in [-0.2, -0.15) is 0 Å². The molecule has 200 valence electrons. The smallest absolute Gasteiger partial charge is 0.276 e. The second kappa shape index (κ2) is 11.2. The standard InChI is InChI=1S/C35H33N3O2/c1-37(2)29-19-17-28(18-20-29)33-32(35(39)38-23-21-26(22-24-38)25-11-5-3-6-12-25)36-34(40-33)31-16-10-9-15-30(31)27-13-7-4-8-14-27/h3-20,26H,21-24H2,1-2H3. The van der Waals surface area contributed by atoms with Crippen LogP contribution in [-0.4, -0.2) is 43.0 Å². The van der Waals surface area contributed by atoms with Gasteiger partial charge in [-0.15, -0.1) is 0 Å². The number of hydrogen-bond acceptors (Lipinski definition) is 4. The maximum atomic E-state index is 14.0. The number of carbonyl (C=O) groups excluding carboxylic acids is 1. The maximum Gasteiger partial charge on any atom is 0.276 e. The van der Waals surface area contributed by atoms with Gasteiger partial charge >= 0.3 is 0 Å². The number of likely N-dealkylation sites (tertiary alicyclic amines) is 1. The first kappa shape index (κ1) is 25.6. The quantitative estimate of drug-likeness (QED) is 0.226. The number of nitrogens with zero attached hydrogens (tertiary/aromatic N) is 3.